The lowest BCUT2D eigenvalue weighted by molar-refractivity contribution is 0.0598. The molecule has 1 N–H and O–H groups in total. The number of esters is 1. The highest BCUT2D eigenvalue weighted by atomic mass is 16.5. The molecule has 2 aliphatic heterocycles. The first-order chi connectivity index (χ1) is 17.9. The first-order valence-electron chi connectivity index (χ1n) is 13.7. The van der Waals surface area contributed by atoms with E-state index in [9.17, 15) is 9.59 Å². The molecule has 3 aliphatic rings. The van der Waals surface area contributed by atoms with Crippen LogP contribution in [0.2, 0.25) is 0 Å². The number of nitrogens with zero attached hydrogens (tertiary/aromatic N) is 2. The van der Waals surface area contributed by atoms with Crippen molar-refractivity contribution in [2.24, 2.45) is 0 Å². The second-order valence-electron chi connectivity index (χ2n) is 10.2. The van der Waals surface area contributed by atoms with Crippen molar-refractivity contribution < 1.29 is 19.1 Å². The molecule has 2 heterocycles. The summed E-state index contributed by atoms with van der Waals surface area (Å²) in [6, 6.07) is 12.2. The molecule has 200 valence electrons. The van der Waals surface area contributed by atoms with Gasteiger partial charge in [-0.05, 0) is 75.3 Å². The zero-order chi connectivity index (χ0) is 26.6. The summed E-state index contributed by atoms with van der Waals surface area (Å²) in [5.41, 5.74) is 4.79. The van der Waals surface area contributed by atoms with Gasteiger partial charge in [-0.1, -0.05) is 31.5 Å². The van der Waals surface area contributed by atoms with E-state index in [1.165, 1.54) is 12.7 Å². The predicted octanol–water partition coefficient (Wildman–Crippen LogP) is 5.65. The van der Waals surface area contributed by atoms with Crippen LogP contribution in [0.3, 0.4) is 0 Å². The monoisotopic (exact) mass is 507 g/mol. The molecule has 0 bridgehead atoms. The molecule has 2 saturated heterocycles. The molecule has 37 heavy (non-hydrogen) atoms. The summed E-state index contributed by atoms with van der Waals surface area (Å²) in [6.07, 6.45) is 4.03. The Morgan fingerprint density at radius 3 is 2.38 bits per heavy atom. The van der Waals surface area contributed by atoms with Crippen LogP contribution in [0.4, 0.5) is 10.5 Å². The van der Waals surface area contributed by atoms with E-state index in [1.54, 1.807) is 0 Å². The summed E-state index contributed by atoms with van der Waals surface area (Å²) in [6.45, 7) is 11.8. The standard InChI is InChI=1S/C28H35N3O4.C2H6/c1-4-35-25-16-24(26(32)34-3)23(20-7-8-20)15-21(25)17-30-13-11-28(12-14-30)18-31(27(33)29-28)22-9-5-19(2)6-10-22;1-2/h5-6,9-10,15-16,20H,4,7-8,11-14,17-18H2,1-3H3,(H,29,33);1-2H3. The van der Waals surface area contributed by atoms with Gasteiger partial charge in [0, 0.05) is 30.9 Å². The number of ether oxygens (including phenoxy) is 2. The fraction of sp³-hybridized carbons (Fsp3) is 0.533. The van der Waals surface area contributed by atoms with Crippen molar-refractivity contribution in [3.63, 3.8) is 0 Å². The summed E-state index contributed by atoms with van der Waals surface area (Å²) in [5, 5.41) is 3.29. The van der Waals surface area contributed by atoms with Gasteiger partial charge in [-0.25, -0.2) is 9.59 Å². The number of benzene rings is 2. The summed E-state index contributed by atoms with van der Waals surface area (Å²) in [5.74, 6) is 0.899. The first-order valence-corrected chi connectivity index (χ1v) is 13.7. The van der Waals surface area contributed by atoms with Crippen molar-refractivity contribution in [2.45, 2.75) is 71.4 Å². The van der Waals surface area contributed by atoms with Crippen LogP contribution in [0.25, 0.3) is 0 Å². The minimum Gasteiger partial charge on any atom is -0.494 e. The van der Waals surface area contributed by atoms with Crippen LogP contribution in [0.1, 0.15) is 79.4 Å². The lowest BCUT2D eigenvalue weighted by Crippen LogP contribution is -2.52. The lowest BCUT2D eigenvalue weighted by Gasteiger charge is -2.39. The van der Waals surface area contributed by atoms with Gasteiger partial charge in [-0.3, -0.25) is 9.80 Å². The number of anilines is 1. The molecule has 0 aromatic heterocycles. The Morgan fingerprint density at radius 2 is 1.78 bits per heavy atom. The fourth-order valence-electron chi connectivity index (χ4n) is 5.38. The zero-order valence-corrected chi connectivity index (χ0v) is 22.9. The summed E-state index contributed by atoms with van der Waals surface area (Å²) in [4.78, 5) is 29.5. The molecule has 0 radical (unpaired) electrons. The normalized spacial score (nSPS) is 18.7. The van der Waals surface area contributed by atoms with Crippen LogP contribution in [0.5, 0.6) is 5.75 Å². The maximum atomic E-state index is 12.8. The largest absolute Gasteiger partial charge is 0.494 e. The quantitative estimate of drug-likeness (QED) is 0.491. The van der Waals surface area contributed by atoms with Crippen LogP contribution in [0, 0.1) is 6.92 Å². The number of nitrogens with one attached hydrogen (secondary N) is 1. The van der Waals surface area contributed by atoms with E-state index in [0.717, 1.165) is 67.9 Å². The van der Waals surface area contributed by atoms with Crippen LogP contribution in [-0.2, 0) is 11.3 Å². The summed E-state index contributed by atoms with van der Waals surface area (Å²) < 4.78 is 11.0. The second kappa shape index (κ2) is 11.5. The molecule has 3 fully saturated rings. The van der Waals surface area contributed by atoms with E-state index in [2.05, 4.69) is 23.2 Å². The minimum atomic E-state index is -0.297. The predicted molar refractivity (Wildman–Crippen MR) is 147 cm³/mol. The fourth-order valence-corrected chi connectivity index (χ4v) is 5.38. The van der Waals surface area contributed by atoms with E-state index >= 15 is 0 Å². The van der Waals surface area contributed by atoms with Gasteiger partial charge in [0.1, 0.15) is 5.75 Å². The summed E-state index contributed by atoms with van der Waals surface area (Å²) in [7, 11) is 1.43. The van der Waals surface area contributed by atoms with Gasteiger partial charge >= 0.3 is 12.0 Å². The van der Waals surface area contributed by atoms with Crippen molar-refractivity contribution in [1.29, 1.82) is 0 Å². The number of hydrogen-bond acceptors (Lipinski definition) is 5. The molecule has 1 spiro atoms. The van der Waals surface area contributed by atoms with Gasteiger partial charge in [0.2, 0.25) is 0 Å². The molecule has 0 atom stereocenters. The number of rotatable bonds is 7. The third-order valence-electron chi connectivity index (χ3n) is 7.59. The Kier molecular flexibility index (Phi) is 8.42. The average molecular weight is 508 g/mol. The van der Waals surface area contributed by atoms with Gasteiger partial charge in [0.25, 0.3) is 0 Å². The highest BCUT2D eigenvalue weighted by Crippen LogP contribution is 2.44. The van der Waals surface area contributed by atoms with Crippen LogP contribution < -0.4 is 15.0 Å². The molecule has 7 nitrogen and oxygen atoms in total. The molecular weight excluding hydrogens is 466 g/mol. The lowest BCUT2D eigenvalue weighted by atomic mass is 9.88. The Labute approximate surface area is 221 Å². The smallest absolute Gasteiger partial charge is 0.338 e. The molecule has 2 amide bonds. The second-order valence-corrected chi connectivity index (χ2v) is 10.2. The van der Waals surface area contributed by atoms with E-state index in [0.29, 0.717) is 24.6 Å². The number of likely N-dealkylation sites (tertiary alicyclic amines) is 1. The Balaban J connectivity index is 0.00000156. The highest BCUT2D eigenvalue weighted by Gasteiger charge is 2.45. The molecule has 2 aromatic carbocycles. The molecule has 2 aromatic rings. The molecule has 7 heteroatoms. The third-order valence-corrected chi connectivity index (χ3v) is 7.59. The van der Waals surface area contributed by atoms with E-state index in [-0.39, 0.29) is 17.5 Å². The van der Waals surface area contributed by atoms with E-state index in [1.807, 2.05) is 56.0 Å². The maximum absolute atomic E-state index is 12.8. The minimum absolute atomic E-state index is 0.00610. The van der Waals surface area contributed by atoms with Gasteiger partial charge in [-0.15, -0.1) is 0 Å². The van der Waals surface area contributed by atoms with Crippen LogP contribution in [-0.4, -0.2) is 55.8 Å². The number of urea groups is 1. The topological polar surface area (TPSA) is 71.1 Å². The zero-order valence-electron chi connectivity index (χ0n) is 22.9. The van der Waals surface area contributed by atoms with Gasteiger partial charge < -0.3 is 14.8 Å². The van der Waals surface area contributed by atoms with Gasteiger partial charge in [0.05, 0.1) is 31.4 Å². The number of aryl methyl sites for hydroxylation is 1. The molecule has 1 aliphatic carbocycles. The number of amides is 2. The SMILES string of the molecule is CC.CCOc1cc(C(=O)OC)c(C2CC2)cc1CN1CCC2(CC1)CN(c1ccc(C)cc1)C(=O)N2. The molecule has 0 unspecified atom stereocenters. The van der Waals surface area contributed by atoms with Crippen molar-refractivity contribution >= 4 is 17.7 Å². The van der Waals surface area contributed by atoms with Crippen molar-refractivity contribution in [2.75, 3.05) is 38.3 Å². The summed E-state index contributed by atoms with van der Waals surface area (Å²) >= 11 is 0. The number of hydrogen-bond donors (Lipinski definition) is 1. The molecular formula is C30H41N3O4. The van der Waals surface area contributed by atoms with Crippen molar-refractivity contribution in [3.8, 4) is 5.75 Å². The van der Waals surface area contributed by atoms with Gasteiger partial charge in [-0.2, -0.15) is 0 Å². The van der Waals surface area contributed by atoms with Crippen molar-refractivity contribution in [1.82, 2.24) is 10.2 Å². The average Bonchev–Trinajstić information content (AvgIpc) is 3.71. The number of methoxy groups -OCH3 is 1. The molecule has 5 rings (SSSR count). The molecule has 1 saturated carbocycles. The van der Waals surface area contributed by atoms with Crippen molar-refractivity contribution in [3.05, 3.63) is 58.7 Å². The van der Waals surface area contributed by atoms with Gasteiger partial charge in [0.15, 0.2) is 0 Å². The Morgan fingerprint density at radius 1 is 1.11 bits per heavy atom. The maximum Gasteiger partial charge on any atom is 0.338 e. The number of carbonyl (C=O) groups is 2. The van der Waals surface area contributed by atoms with E-state index in [4.69, 9.17) is 9.47 Å². The third kappa shape index (κ3) is 5.93. The Bertz CT molecular complexity index is 1100. The number of piperidine rings is 1. The Hall–Kier alpha value is -3.06. The van der Waals surface area contributed by atoms with E-state index < -0.39 is 0 Å². The first kappa shape index (κ1) is 27.0. The highest BCUT2D eigenvalue weighted by molar-refractivity contribution is 5.95. The number of carbonyl (C=O) groups excluding carboxylic acids is 2. The van der Waals surface area contributed by atoms with Crippen LogP contribution >= 0.6 is 0 Å². The van der Waals surface area contributed by atoms with Crippen LogP contribution in [0.15, 0.2) is 36.4 Å².